The molecule has 1 amide bonds. The molecule has 2 aliphatic rings. The third-order valence-corrected chi connectivity index (χ3v) is 5.11. The van der Waals surface area contributed by atoms with E-state index in [-0.39, 0.29) is 11.7 Å². The molecule has 1 saturated heterocycles. The van der Waals surface area contributed by atoms with Crippen molar-refractivity contribution in [2.45, 2.75) is 50.5 Å². The Kier molecular flexibility index (Phi) is 3.45. The molecule has 1 heterocycles. The Labute approximate surface area is 102 Å². The van der Waals surface area contributed by atoms with Crippen LogP contribution in [0.4, 0.5) is 0 Å². The molecule has 2 atom stereocenters. The van der Waals surface area contributed by atoms with Crippen LogP contribution >= 0.6 is 0 Å². The van der Waals surface area contributed by atoms with Crippen LogP contribution < -0.4 is 10.5 Å². The summed E-state index contributed by atoms with van der Waals surface area (Å²) in [6.45, 7) is 0. The van der Waals surface area contributed by atoms with E-state index in [0.717, 1.165) is 32.1 Å². The fourth-order valence-corrected chi connectivity index (χ4v) is 3.65. The predicted octanol–water partition coefficient (Wildman–Crippen LogP) is 0.504. The van der Waals surface area contributed by atoms with Crippen LogP contribution in [0.3, 0.4) is 0 Å². The van der Waals surface area contributed by atoms with E-state index in [0.29, 0.717) is 12.8 Å². The average molecular weight is 260 g/mol. The highest BCUT2D eigenvalue weighted by Crippen LogP contribution is 2.45. The summed E-state index contributed by atoms with van der Waals surface area (Å²) < 4.78 is 25.3. The molecule has 1 aliphatic carbocycles. The summed E-state index contributed by atoms with van der Waals surface area (Å²) in [5.74, 6) is -0.320. The topological polar surface area (TPSA) is 89.3 Å². The van der Waals surface area contributed by atoms with Gasteiger partial charge in [-0.2, -0.15) is 0 Å². The molecular weight excluding hydrogens is 240 g/mol. The van der Waals surface area contributed by atoms with Crippen LogP contribution in [-0.2, 0) is 14.8 Å². The first-order chi connectivity index (χ1) is 7.94. The summed E-state index contributed by atoms with van der Waals surface area (Å²) in [6, 6.07) is 0. The van der Waals surface area contributed by atoms with E-state index < -0.39 is 21.5 Å². The van der Waals surface area contributed by atoms with Gasteiger partial charge in [0.2, 0.25) is 10.0 Å². The molecule has 0 aromatic rings. The minimum atomic E-state index is -3.48. The monoisotopic (exact) mass is 260 g/mol. The number of amides is 1. The van der Waals surface area contributed by atoms with Gasteiger partial charge in [0, 0.05) is 0 Å². The maximum absolute atomic E-state index is 11.8. The molecule has 0 aromatic heterocycles. The number of nitrogens with one attached hydrogen (secondary N) is 1. The lowest BCUT2D eigenvalue weighted by Crippen LogP contribution is -2.47. The summed E-state index contributed by atoms with van der Waals surface area (Å²) in [7, 11) is -3.48. The molecule has 5 nitrogen and oxygen atoms in total. The van der Waals surface area contributed by atoms with E-state index in [1.54, 1.807) is 0 Å². The second kappa shape index (κ2) is 4.57. The van der Waals surface area contributed by atoms with Gasteiger partial charge in [0.05, 0.1) is 11.3 Å². The van der Waals surface area contributed by atoms with Gasteiger partial charge in [-0.25, -0.2) is 8.42 Å². The second-order valence-electron chi connectivity index (χ2n) is 5.25. The van der Waals surface area contributed by atoms with Crippen LogP contribution in [0.25, 0.3) is 0 Å². The number of rotatable bonds is 0. The van der Waals surface area contributed by atoms with Crippen molar-refractivity contribution >= 4 is 15.9 Å². The van der Waals surface area contributed by atoms with Gasteiger partial charge in [-0.05, 0) is 25.2 Å². The molecule has 1 unspecified atom stereocenters. The number of carbonyl (C=O) groups excluding carboxylic acids is 1. The quantitative estimate of drug-likeness (QED) is 0.664. The fourth-order valence-electron chi connectivity index (χ4n) is 2.49. The first-order valence-electron chi connectivity index (χ1n) is 6.28. The van der Waals surface area contributed by atoms with Crippen LogP contribution in [0.2, 0.25) is 0 Å². The number of fused-ring (bicyclic) bond motifs is 1. The predicted molar refractivity (Wildman–Crippen MR) is 64.7 cm³/mol. The first kappa shape index (κ1) is 12.8. The van der Waals surface area contributed by atoms with Gasteiger partial charge in [-0.1, -0.05) is 25.7 Å². The molecule has 1 saturated carbocycles. The van der Waals surface area contributed by atoms with E-state index in [2.05, 4.69) is 4.72 Å². The largest absolute Gasteiger partial charge is 0.317 e. The Morgan fingerprint density at radius 3 is 2.59 bits per heavy atom. The van der Waals surface area contributed by atoms with Crippen molar-refractivity contribution in [3.8, 4) is 0 Å². The van der Waals surface area contributed by atoms with Crippen molar-refractivity contribution in [2.75, 3.05) is 5.75 Å². The van der Waals surface area contributed by atoms with Gasteiger partial charge in [-0.15, -0.1) is 0 Å². The van der Waals surface area contributed by atoms with Gasteiger partial charge in [0.15, 0.2) is 0 Å². The van der Waals surface area contributed by atoms with Crippen LogP contribution in [0.15, 0.2) is 0 Å². The minimum absolute atomic E-state index is 0.0273. The normalized spacial score (nSPS) is 38.2. The molecule has 0 aromatic carbocycles. The fraction of sp³-hybridized carbons (Fsp3) is 0.909. The molecule has 2 fully saturated rings. The molecule has 3 N–H and O–H groups in total. The lowest BCUT2D eigenvalue weighted by molar-refractivity contribution is -0.121. The van der Waals surface area contributed by atoms with Gasteiger partial charge < -0.3 is 5.73 Å². The Hall–Kier alpha value is -0.620. The van der Waals surface area contributed by atoms with Crippen molar-refractivity contribution in [1.82, 2.24) is 4.72 Å². The van der Waals surface area contributed by atoms with Crippen LogP contribution in [0.1, 0.15) is 44.9 Å². The van der Waals surface area contributed by atoms with Crippen molar-refractivity contribution in [1.29, 1.82) is 0 Å². The molecule has 0 spiro atoms. The van der Waals surface area contributed by atoms with Gasteiger partial charge in [0.1, 0.15) is 0 Å². The molecule has 0 radical (unpaired) electrons. The average Bonchev–Trinajstić information content (AvgIpc) is 2.88. The van der Waals surface area contributed by atoms with Gasteiger partial charge >= 0.3 is 0 Å². The van der Waals surface area contributed by atoms with Crippen LogP contribution in [0.5, 0.6) is 0 Å². The maximum Gasteiger partial charge on any atom is 0.253 e. The zero-order valence-corrected chi connectivity index (χ0v) is 10.8. The van der Waals surface area contributed by atoms with E-state index >= 15 is 0 Å². The van der Waals surface area contributed by atoms with Gasteiger partial charge in [0.25, 0.3) is 5.91 Å². The highest BCUT2D eigenvalue weighted by atomic mass is 32.2. The highest BCUT2D eigenvalue weighted by molar-refractivity contribution is 7.90. The van der Waals surface area contributed by atoms with Crippen molar-refractivity contribution < 1.29 is 13.2 Å². The number of carbonyl (C=O) groups is 1. The lowest BCUT2D eigenvalue weighted by Gasteiger charge is -2.14. The van der Waals surface area contributed by atoms with Crippen molar-refractivity contribution in [2.24, 2.45) is 11.7 Å². The number of hydrogen-bond donors (Lipinski definition) is 2. The number of nitrogens with two attached hydrogens (primary N) is 1. The molecule has 17 heavy (non-hydrogen) atoms. The van der Waals surface area contributed by atoms with E-state index in [4.69, 9.17) is 5.73 Å². The Morgan fingerprint density at radius 1 is 1.18 bits per heavy atom. The van der Waals surface area contributed by atoms with Gasteiger partial charge in [-0.3, -0.25) is 9.52 Å². The summed E-state index contributed by atoms with van der Waals surface area (Å²) in [5.41, 5.74) is 5.00. The Morgan fingerprint density at radius 2 is 1.82 bits per heavy atom. The molecule has 6 heteroatoms. The molecule has 1 aliphatic heterocycles. The summed E-state index contributed by atoms with van der Waals surface area (Å²) >= 11 is 0. The molecule has 98 valence electrons. The maximum atomic E-state index is 11.8. The smallest absolute Gasteiger partial charge is 0.253 e. The Bertz CT molecular complexity index is 407. The third kappa shape index (κ3) is 2.98. The molecule has 2 rings (SSSR count). The molecular formula is C11H20N2O3S. The zero-order valence-electron chi connectivity index (χ0n) is 9.94. The minimum Gasteiger partial charge on any atom is -0.317 e. The first-order valence-corrected chi connectivity index (χ1v) is 7.93. The standard InChI is InChI=1S/C11H20N2O3S/c12-11-8-9(11)6-4-2-1-3-5-7-17(15,16)13-10(11)14/h9H,1-8,12H2,(H,13,14)/t9?,11-/m1/s1. The summed E-state index contributed by atoms with van der Waals surface area (Å²) in [6.07, 6.45) is 6.33. The number of hydrogen-bond acceptors (Lipinski definition) is 4. The third-order valence-electron chi connectivity index (χ3n) is 3.79. The van der Waals surface area contributed by atoms with E-state index in [1.165, 1.54) is 0 Å². The summed E-state index contributed by atoms with van der Waals surface area (Å²) in [4.78, 5) is 11.8. The van der Waals surface area contributed by atoms with E-state index in [1.807, 2.05) is 0 Å². The van der Waals surface area contributed by atoms with E-state index in [9.17, 15) is 13.2 Å². The summed E-state index contributed by atoms with van der Waals surface area (Å²) in [5, 5.41) is 0. The Balaban J connectivity index is 2.05. The SMILES string of the molecule is N[C@]12CC1CCCCCCCS(=O)(=O)NC2=O. The van der Waals surface area contributed by atoms with Crippen molar-refractivity contribution in [3.63, 3.8) is 0 Å². The van der Waals surface area contributed by atoms with Crippen LogP contribution in [0, 0.1) is 5.92 Å². The van der Waals surface area contributed by atoms with Crippen molar-refractivity contribution in [3.05, 3.63) is 0 Å². The molecule has 0 bridgehead atoms. The van der Waals surface area contributed by atoms with Crippen LogP contribution in [-0.4, -0.2) is 25.6 Å². The highest BCUT2D eigenvalue weighted by Gasteiger charge is 2.56. The second-order valence-corrected chi connectivity index (χ2v) is 7.09. The zero-order chi connectivity index (χ0) is 12.5. The number of sulfonamides is 1. The lowest BCUT2D eigenvalue weighted by atomic mass is 10.1.